The number of carbonyl (C=O) groups excluding carboxylic acids is 3. The predicted molar refractivity (Wildman–Crippen MR) is 160 cm³/mol. The van der Waals surface area contributed by atoms with Crippen molar-refractivity contribution in [2.45, 2.75) is 89.0 Å². The molecule has 7 aliphatic carbocycles. The van der Waals surface area contributed by atoms with Crippen molar-refractivity contribution in [2.24, 2.45) is 46.3 Å². The molecule has 2 aliphatic heterocycles. The summed E-state index contributed by atoms with van der Waals surface area (Å²) in [5.74, 6) is -5.35. The summed E-state index contributed by atoms with van der Waals surface area (Å²) in [6.45, 7) is 8.16. The van der Waals surface area contributed by atoms with Crippen LogP contribution in [0.3, 0.4) is 0 Å². The number of fused-ring (bicyclic) bond motifs is 9. The number of ether oxygens (including phenoxy) is 4. The summed E-state index contributed by atoms with van der Waals surface area (Å²) >= 11 is 0. The van der Waals surface area contributed by atoms with E-state index in [0.29, 0.717) is 35.1 Å². The Morgan fingerprint density at radius 3 is 2.38 bits per heavy atom. The summed E-state index contributed by atoms with van der Waals surface area (Å²) < 4.78 is 24.3. The van der Waals surface area contributed by atoms with Gasteiger partial charge in [0.1, 0.15) is 18.3 Å². The molecule has 0 saturated heterocycles. The summed E-state index contributed by atoms with van der Waals surface area (Å²) in [6, 6.07) is 0. The van der Waals surface area contributed by atoms with Crippen LogP contribution in [0.4, 0.5) is 0 Å². The van der Waals surface area contributed by atoms with Crippen LogP contribution in [0, 0.1) is 46.3 Å². The average molecular weight is 651 g/mol. The topological polar surface area (TPSA) is 169 Å². The van der Waals surface area contributed by atoms with Gasteiger partial charge in [0, 0.05) is 46.7 Å². The maximum atomic E-state index is 13.9. The van der Waals surface area contributed by atoms with Gasteiger partial charge < -0.3 is 39.4 Å². The van der Waals surface area contributed by atoms with Gasteiger partial charge >= 0.3 is 17.9 Å². The lowest BCUT2D eigenvalue weighted by molar-refractivity contribution is -0.256. The maximum Gasteiger partial charge on any atom is 0.337 e. The SMILES string of the molecule is C/C=C(/C)C(=O)OC[C@@]1(O)C2CC3=C(CO)C(=O)O[C@@]34C3=C5[C@](C)([C@@H]6C[C@@H]6[C@@]5(O)CC4[C@@]2(C)[C@@H]2C[C@@H]21)[C@@H](O)[C@@]1(OC)OC(=O)C(C)=C31. The van der Waals surface area contributed by atoms with E-state index in [1.807, 2.05) is 6.92 Å². The zero-order chi connectivity index (χ0) is 33.6. The fourth-order valence-corrected chi connectivity index (χ4v) is 12.7. The van der Waals surface area contributed by atoms with Crippen LogP contribution in [0.2, 0.25) is 0 Å². The second-order valence-corrected chi connectivity index (χ2v) is 16.2. The van der Waals surface area contributed by atoms with E-state index in [1.54, 1.807) is 26.8 Å². The normalized spacial score (nSPS) is 52.6. The predicted octanol–water partition coefficient (Wildman–Crippen LogP) is 1.78. The van der Waals surface area contributed by atoms with Crippen molar-refractivity contribution >= 4 is 17.9 Å². The van der Waals surface area contributed by atoms with Crippen LogP contribution in [0.5, 0.6) is 0 Å². The molecule has 252 valence electrons. The third-order valence-corrected chi connectivity index (χ3v) is 14.9. The molecule has 0 aromatic carbocycles. The van der Waals surface area contributed by atoms with Gasteiger partial charge in [-0.3, -0.25) is 0 Å². The van der Waals surface area contributed by atoms with Crippen LogP contribution in [0.25, 0.3) is 0 Å². The Morgan fingerprint density at radius 1 is 1.02 bits per heavy atom. The number of aliphatic hydroxyl groups is 4. The van der Waals surface area contributed by atoms with Crippen LogP contribution in [-0.4, -0.2) is 87.4 Å². The molecule has 11 nitrogen and oxygen atoms in total. The van der Waals surface area contributed by atoms with Crippen LogP contribution >= 0.6 is 0 Å². The fourth-order valence-electron chi connectivity index (χ4n) is 12.7. The Balaban J connectivity index is 1.31. The molecule has 13 atom stereocenters. The summed E-state index contributed by atoms with van der Waals surface area (Å²) in [6.07, 6.45) is 2.03. The number of carbonyl (C=O) groups is 3. The van der Waals surface area contributed by atoms with Crippen molar-refractivity contribution in [1.29, 1.82) is 0 Å². The Kier molecular flexibility index (Phi) is 5.45. The quantitative estimate of drug-likeness (QED) is 0.194. The van der Waals surface area contributed by atoms with E-state index < -0.39 is 75.9 Å². The molecular weight excluding hydrogens is 608 g/mol. The minimum atomic E-state index is -1.89. The van der Waals surface area contributed by atoms with Crippen LogP contribution in [0.15, 0.2) is 45.1 Å². The lowest BCUT2D eigenvalue weighted by Crippen LogP contribution is -2.69. The number of hydrogen-bond acceptors (Lipinski definition) is 11. The molecule has 9 aliphatic rings. The van der Waals surface area contributed by atoms with E-state index in [2.05, 4.69) is 6.92 Å². The van der Waals surface area contributed by atoms with Gasteiger partial charge in [-0.1, -0.05) is 19.9 Å². The van der Waals surface area contributed by atoms with Gasteiger partial charge in [0.2, 0.25) is 0 Å². The van der Waals surface area contributed by atoms with E-state index in [4.69, 9.17) is 18.9 Å². The Morgan fingerprint density at radius 2 is 1.72 bits per heavy atom. The smallest absolute Gasteiger partial charge is 0.337 e. The minimum Gasteiger partial charge on any atom is -0.459 e. The minimum absolute atomic E-state index is 0.0224. The summed E-state index contributed by atoms with van der Waals surface area (Å²) in [5, 5.41) is 48.5. The highest BCUT2D eigenvalue weighted by Gasteiger charge is 2.87. The van der Waals surface area contributed by atoms with Gasteiger partial charge in [0.15, 0.2) is 5.60 Å². The van der Waals surface area contributed by atoms with Crippen molar-refractivity contribution in [3.05, 3.63) is 45.1 Å². The van der Waals surface area contributed by atoms with Gasteiger partial charge in [-0.2, -0.15) is 0 Å². The molecule has 11 heteroatoms. The number of hydrogen-bond donors (Lipinski definition) is 4. The lowest BCUT2D eigenvalue weighted by Gasteiger charge is -2.64. The third kappa shape index (κ3) is 2.89. The molecule has 0 amide bonds. The van der Waals surface area contributed by atoms with Gasteiger partial charge in [0.05, 0.1) is 17.8 Å². The zero-order valence-electron chi connectivity index (χ0n) is 27.5. The monoisotopic (exact) mass is 650 g/mol. The summed E-state index contributed by atoms with van der Waals surface area (Å²) in [5.41, 5.74) is -3.58. The number of methoxy groups -OCH3 is 1. The van der Waals surface area contributed by atoms with Gasteiger partial charge in [0.25, 0.3) is 5.79 Å². The molecule has 2 unspecified atom stereocenters. The number of rotatable bonds is 5. The summed E-state index contributed by atoms with van der Waals surface area (Å²) in [4.78, 5) is 40.1. The molecule has 1 spiro atoms. The standard InChI is InChI=1S/C36H42O11/c1-7-14(2)27(38)45-13-34(43)21-8-18(21)31(4)22(34)10-17-16(12-37)29(40)46-35(17)23(31)11-33(42)20-9-19(20)32(5)26(33)25(35)24-15(3)28(39)47-36(24,44-6)30(32)41/h7,18-23,30,37,41-43H,8-13H2,1-6H3/b14-7-/t18-,19-,20+,21+,22?,23?,30-,31+,32+,33+,34+,35+,36+/m1/s1. The van der Waals surface area contributed by atoms with E-state index in [1.165, 1.54) is 7.11 Å². The number of allylic oxidation sites excluding steroid dienone is 1. The van der Waals surface area contributed by atoms with Gasteiger partial charge in [-0.25, -0.2) is 14.4 Å². The van der Waals surface area contributed by atoms with Crippen molar-refractivity contribution in [3.63, 3.8) is 0 Å². The second kappa shape index (κ2) is 8.48. The molecule has 5 saturated carbocycles. The number of esters is 3. The molecule has 9 rings (SSSR count). The van der Waals surface area contributed by atoms with E-state index in [0.717, 1.165) is 0 Å². The van der Waals surface area contributed by atoms with Gasteiger partial charge in [-0.05, 0) is 86.7 Å². The van der Waals surface area contributed by atoms with Crippen LogP contribution < -0.4 is 0 Å². The molecule has 5 fully saturated rings. The summed E-state index contributed by atoms with van der Waals surface area (Å²) in [7, 11) is 1.38. The van der Waals surface area contributed by atoms with Gasteiger partial charge in [-0.15, -0.1) is 0 Å². The highest BCUT2D eigenvalue weighted by Crippen LogP contribution is 2.85. The van der Waals surface area contributed by atoms with E-state index in [-0.39, 0.29) is 59.8 Å². The van der Waals surface area contributed by atoms with E-state index in [9.17, 15) is 34.8 Å². The van der Waals surface area contributed by atoms with Crippen molar-refractivity contribution in [3.8, 4) is 0 Å². The molecule has 47 heavy (non-hydrogen) atoms. The molecule has 0 aromatic heterocycles. The Hall–Kier alpha value is -2.83. The molecular formula is C36H42O11. The number of aliphatic hydroxyl groups excluding tert-OH is 2. The highest BCUT2D eigenvalue weighted by molar-refractivity contribution is 5.98. The fraction of sp³-hybridized carbons (Fsp3) is 0.694. The largest absolute Gasteiger partial charge is 0.459 e. The zero-order valence-corrected chi connectivity index (χ0v) is 27.5. The Bertz CT molecular complexity index is 1750. The van der Waals surface area contributed by atoms with Crippen molar-refractivity contribution in [2.75, 3.05) is 20.3 Å². The van der Waals surface area contributed by atoms with Crippen molar-refractivity contribution < 1.29 is 53.8 Å². The molecule has 4 N–H and O–H groups in total. The van der Waals surface area contributed by atoms with Crippen molar-refractivity contribution in [1.82, 2.24) is 0 Å². The maximum absolute atomic E-state index is 13.9. The first-order chi connectivity index (χ1) is 22.1. The highest BCUT2D eigenvalue weighted by atomic mass is 16.7. The molecule has 2 heterocycles. The lowest BCUT2D eigenvalue weighted by atomic mass is 9.42. The van der Waals surface area contributed by atoms with Crippen LogP contribution in [-0.2, 0) is 33.3 Å². The first-order valence-electron chi connectivity index (χ1n) is 16.8. The first kappa shape index (κ1) is 30.2. The van der Waals surface area contributed by atoms with E-state index >= 15 is 0 Å². The first-order valence-corrected chi connectivity index (χ1v) is 16.8. The molecule has 0 aromatic rings. The van der Waals surface area contributed by atoms with Crippen LogP contribution in [0.1, 0.15) is 60.3 Å². The average Bonchev–Trinajstić information content (AvgIpc) is 3.95. The second-order valence-electron chi connectivity index (χ2n) is 16.2. The molecule has 0 bridgehead atoms. The molecule has 0 radical (unpaired) electrons. The Labute approximate surface area is 272 Å². The third-order valence-electron chi connectivity index (χ3n) is 14.9.